The van der Waals surface area contributed by atoms with E-state index in [1.807, 2.05) is 0 Å². The van der Waals surface area contributed by atoms with Gasteiger partial charge in [0.1, 0.15) is 36.0 Å². The van der Waals surface area contributed by atoms with E-state index in [1.54, 1.807) is 0 Å². The van der Waals surface area contributed by atoms with Crippen LogP contribution in [0.1, 0.15) is 43.1 Å². The summed E-state index contributed by atoms with van der Waals surface area (Å²) in [5.74, 6) is 0.218. The SMILES string of the molecule is OC[C@H]1O[C@@H](n2c(C3CCCCN3)nc3c(C(F)(F)F)ncnc32)[C@H](O)[C@@H]1O. The molecule has 2 aliphatic rings. The minimum absolute atomic E-state index is 0.153. The van der Waals surface area contributed by atoms with Crippen LogP contribution < -0.4 is 5.32 Å². The van der Waals surface area contributed by atoms with Crippen LogP contribution in [0.5, 0.6) is 0 Å². The molecular formula is C16H20F3N5O4. The third kappa shape index (κ3) is 3.14. The van der Waals surface area contributed by atoms with Crippen molar-refractivity contribution in [2.24, 2.45) is 0 Å². The predicted molar refractivity (Wildman–Crippen MR) is 87.9 cm³/mol. The van der Waals surface area contributed by atoms with E-state index in [0.29, 0.717) is 13.0 Å². The van der Waals surface area contributed by atoms with E-state index in [9.17, 15) is 28.5 Å². The van der Waals surface area contributed by atoms with Crippen LogP contribution in [-0.2, 0) is 10.9 Å². The lowest BCUT2D eigenvalue weighted by Crippen LogP contribution is -2.34. The van der Waals surface area contributed by atoms with Gasteiger partial charge in [0, 0.05) is 0 Å². The molecule has 154 valence electrons. The monoisotopic (exact) mass is 403 g/mol. The molecular weight excluding hydrogens is 383 g/mol. The number of nitrogens with one attached hydrogen (secondary N) is 1. The molecule has 4 rings (SSSR count). The second kappa shape index (κ2) is 7.19. The quantitative estimate of drug-likeness (QED) is 0.576. The fraction of sp³-hybridized carbons (Fsp3) is 0.688. The highest BCUT2D eigenvalue weighted by Gasteiger charge is 2.46. The van der Waals surface area contributed by atoms with Gasteiger partial charge in [-0.1, -0.05) is 6.42 Å². The molecule has 4 heterocycles. The molecule has 12 heteroatoms. The summed E-state index contributed by atoms with van der Waals surface area (Å²) in [6, 6.07) is -0.370. The standard InChI is InChI=1S/C16H20F3N5O4/c17-16(18,19)12-9-14(22-6-21-12)24(13(23-9)7-3-1-2-4-20-7)15-11(27)10(26)8(5-25)28-15/h6-8,10-11,15,20,25-27H,1-5H2/t7?,8-,10-,11-,15-/m1/s1. The Morgan fingerprint density at radius 3 is 2.61 bits per heavy atom. The van der Waals surface area contributed by atoms with Gasteiger partial charge in [0.15, 0.2) is 17.6 Å². The van der Waals surface area contributed by atoms with Crippen LogP contribution in [0.25, 0.3) is 11.2 Å². The summed E-state index contributed by atoms with van der Waals surface area (Å²) < 4.78 is 47.1. The second-order valence-corrected chi connectivity index (χ2v) is 6.96. The molecule has 0 spiro atoms. The van der Waals surface area contributed by atoms with Gasteiger partial charge < -0.3 is 25.4 Å². The van der Waals surface area contributed by atoms with E-state index in [0.717, 1.165) is 19.2 Å². The van der Waals surface area contributed by atoms with Crippen LogP contribution in [0.15, 0.2) is 6.33 Å². The molecule has 2 aliphatic heterocycles. The van der Waals surface area contributed by atoms with Gasteiger partial charge in [0.25, 0.3) is 0 Å². The maximum absolute atomic E-state index is 13.4. The number of nitrogens with zero attached hydrogens (tertiary/aromatic N) is 4. The van der Waals surface area contributed by atoms with Crippen molar-refractivity contribution < 1.29 is 33.2 Å². The number of aromatic nitrogens is 4. The van der Waals surface area contributed by atoms with Gasteiger partial charge >= 0.3 is 6.18 Å². The van der Waals surface area contributed by atoms with Crippen molar-refractivity contribution in [3.05, 3.63) is 17.8 Å². The third-order valence-electron chi connectivity index (χ3n) is 5.17. The molecule has 4 N–H and O–H groups in total. The number of fused-ring (bicyclic) bond motifs is 1. The Morgan fingerprint density at radius 2 is 2.00 bits per heavy atom. The summed E-state index contributed by atoms with van der Waals surface area (Å²) in [6.07, 6.45) is -6.73. The highest BCUT2D eigenvalue weighted by atomic mass is 19.4. The van der Waals surface area contributed by atoms with Crippen LogP contribution >= 0.6 is 0 Å². The summed E-state index contributed by atoms with van der Waals surface area (Å²) in [7, 11) is 0. The highest BCUT2D eigenvalue weighted by Crippen LogP contribution is 2.38. The van der Waals surface area contributed by atoms with Gasteiger partial charge in [-0.15, -0.1) is 0 Å². The molecule has 0 aliphatic carbocycles. The minimum atomic E-state index is -4.74. The molecule has 5 atom stereocenters. The third-order valence-corrected chi connectivity index (χ3v) is 5.17. The molecule has 0 saturated carbocycles. The zero-order valence-electron chi connectivity index (χ0n) is 14.7. The topological polar surface area (TPSA) is 126 Å². The van der Waals surface area contributed by atoms with Gasteiger partial charge in [-0.3, -0.25) is 4.57 Å². The van der Waals surface area contributed by atoms with E-state index in [4.69, 9.17) is 4.74 Å². The first-order valence-electron chi connectivity index (χ1n) is 8.98. The molecule has 2 aromatic rings. The summed E-state index contributed by atoms with van der Waals surface area (Å²) in [5.41, 5.74) is -1.78. The zero-order valence-corrected chi connectivity index (χ0v) is 14.7. The van der Waals surface area contributed by atoms with E-state index < -0.39 is 48.5 Å². The predicted octanol–water partition coefficient (Wildman–Crippen LogP) is 0.271. The van der Waals surface area contributed by atoms with E-state index in [1.165, 1.54) is 4.57 Å². The minimum Gasteiger partial charge on any atom is -0.394 e. The molecule has 0 aromatic carbocycles. The average molecular weight is 403 g/mol. The van der Waals surface area contributed by atoms with Crippen LogP contribution in [0.4, 0.5) is 13.2 Å². The van der Waals surface area contributed by atoms with Crippen molar-refractivity contribution in [1.82, 2.24) is 24.8 Å². The zero-order chi connectivity index (χ0) is 20.1. The number of halogens is 3. The normalized spacial score (nSPS) is 31.6. The lowest BCUT2D eigenvalue weighted by Gasteiger charge is -2.26. The van der Waals surface area contributed by atoms with Crippen molar-refractivity contribution in [2.75, 3.05) is 13.2 Å². The van der Waals surface area contributed by atoms with Crippen molar-refractivity contribution >= 4 is 11.2 Å². The molecule has 0 bridgehead atoms. The summed E-state index contributed by atoms with van der Waals surface area (Å²) in [6.45, 7) is 0.114. The lowest BCUT2D eigenvalue weighted by molar-refractivity contribution is -0.140. The van der Waals surface area contributed by atoms with Crippen molar-refractivity contribution in [3.8, 4) is 0 Å². The fourth-order valence-electron chi connectivity index (χ4n) is 3.80. The number of ether oxygens (including phenoxy) is 1. The first-order chi connectivity index (χ1) is 13.3. The first-order valence-corrected chi connectivity index (χ1v) is 8.98. The van der Waals surface area contributed by atoms with Crippen LogP contribution in [0.3, 0.4) is 0 Å². The van der Waals surface area contributed by atoms with Crippen LogP contribution in [0.2, 0.25) is 0 Å². The Balaban J connectivity index is 1.90. The number of aliphatic hydroxyl groups excluding tert-OH is 3. The van der Waals surface area contributed by atoms with Gasteiger partial charge in [-0.2, -0.15) is 13.2 Å². The first kappa shape index (κ1) is 19.5. The van der Waals surface area contributed by atoms with Crippen LogP contribution in [0, 0.1) is 0 Å². The number of imidazole rings is 1. The Morgan fingerprint density at radius 1 is 1.21 bits per heavy atom. The van der Waals surface area contributed by atoms with Crippen molar-refractivity contribution in [2.45, 2.75) is 56.0 Å². The Kier molecular flexibility index (Phi) is 5.00. The van der Waals surface area contributed by atoms with E-state index in [2.05, 4.69) is 20.3 Å². The number of hydrogen-bond donors (Lipinski definition) is 4. The Labute approximate surface area is 157 Å². The molecule has 28 heavy (non-hydrogen) atoms. The number of rotatable bonds is 3. The lowest BCUT2D eigenvalue weighted by atomic mass is 10.0. The smallest absolute Gasteiger partial charge is 0.394 e. The maximum atomic E-state index is 13.4. The molecule has 1 unspecified atom stereocenters. The number of hydrogen-bond acceptors (Lipinski definition) is 8. The van der Waals surface area contributed by atoms with Gasteiger partial charge in [-0.25, -0.2) is 15.0 Å². The van der Waals surface area contributed by atoms with Gasteiger partial charge in [0.05, 0.1) is 12.6 Å². The molecule has 2 aromatic heterocycles. The molecule has 0 radical (unpaired) electrons. The summed E-state index contributed by atoms with van der Waals surface area (Å²) in [5, 5.41) is 33.1. The molecule has 9 nitrogen and oxygen atoms in total. The van der Waals surface area contributed by atoms with Gasteiger partial charge in [0.2, 0.25) is 0 Å². The average Bonchev–Trinajstić information content (AvgIpc) is 3.19. The van der Waals surface area contributed by atoms with E-state index in [-0.39, 0.29) is 17.5 Å². The molecule has 0 amide bonds. The summed E-state index contributed by atoms with van der Waals surface area (Å²) in [4.78, 5) is 11.5. The van der Waals surface area contributed by atoms with E-state index >= 15 is 0 Å². The maximum Gasteiger partial charge on any atom is 0.435 e. The Bertz CT molecular complexity index is 855. The highest BCUT2D eigenvalue weighted by molar-refractivity contribution is 5.75. The van der Waals surface area contributed by atoms with Crippen LogP contribution in [-0.4, -0.2) is 66.3 Å². The second-order valence-electron chi connectivity index (χ2n) is 6.96. The Hall–Kier alpha value is -1.86. The fourth-order valence-corrected chi connectivity index (χ4v) is 3.80. The molecule has 2 fully saturated rings. The van der Waals surface area contributed by atoms with Crippen molar-refractivity contribution in [1.29, 1.82) is 0 Å². The van der Waals surface area contributed by atoms with Crippen molar-refractivity contribution in [3.63, 3.8) is 0 Å². The summed E-state index contributed by atoms with van der Waals surface area (Å²) >= 11 is 0. The largest absolute Gasteiger partial charge is 0.435 e. The number of piperidine rings is 1. The number of aliphatic hydroxyl groups is 3. The molecule has 2 saturated heterocycles. The van der Waals surface area contributed by atoms with Gasteiger partial charge in [-0.05, 0) is 19.4 Å². The number of alkyl halides is 3.